The summed E-state index contributed by atoms with van der Waals surface area (Å²) in [6, 6.07) is 5.99. The number of alkyl halides is 2. The van der Waals surface area contributed by atoms with Crippen LogP contribution in [0.3, 0.4) is 0 Å². The molecule has 0 atom stereocenters. The van der Waals surface area contributed by atoms with Gasteiger partial charge in [-0.3, -0.25) is 4.79 Å². The smallest absolute Gasteiger partial charge is 0.259 e. The number of nitrogens with zero attached hydrogens (tertiary/aromatic N) is 3. The molecule has 0 spiro atoms. The summed E-state index contributed by atoms with van der Waals surface area (Å²) in [6.07, 6.45) is 2.22. The van der Waals surface area contributed by atoms with Gasteiger partial charge in [0.05, 0.1) is 23.3 Å². The molecule has 2 aromatic heterocycles. The molecule has 8 heteroatoms. The van der Waals surface area contributed by atoms with E-state index in [1.807, 2.05) is 0 Å². The lowest BCUT2D eigenvalue weighted by Crippen LogP contribution is -2.37. The maximum absolute atomic E-state index is 13.7. The van der Waals surface area contributed by atoms with E-state index in [1.54, 1.807) is 25.4 Å². The van der Waals surface area contributed by atoms with E-state index in [0.29, 0.717) is 5.69 Å². The van der Waals surface area contributed by atoms with Gasteiger partial charge in [0.15, 0.2) is 11.6 Å². The monoisotopic (exact) mass is 377 g/mol. The van der Waals surface area contributed by atoms with Crippen LogP contribution in [0.4, 0.5) is 17.6 Å². The lowest BCUT2D eigenvalue weighted by Gasteiger charge is -2.36. The molecule has 0 bridgehead atoms. The summed E-state index contributed by atoms with van der Waals surface area (Å²) in [4.78, 5) is 16.9. The minimum absolute atomic E-state index is 0.243. The molecular formula is C19H15F4N3O. The van der Waals surface area contributed by atoms with Gasteiger partial charge in [-0.05, 0) is 30.3 Å². The van der Waals surface area contributed by atoms with Gasteiger partial charge in [0, 0.05) is 37.7 Å². The van der Waals surface area contributed by atoms with E-state index in [1.165, 1.54) is 21.5 Å². The van der Waals surface area contributed by atoms with Crippen molar-refractivity contribution in [3.8, 4) is 22.5 Å². The molecule has 140 valence electrons. The number of rotatable bonds is 3. The van der Waals surface area contributed by atoms with E-state index in [-0.39, 0.29) is 35.2 Å². The summed E-state index contributed by atoms with van der Waals surface area (Å²) in [7, 11) is 1.57. The summed E-state index contributed by atoms with van der Waals surface area (Å²) in [6.45, 7) is 0. The SMILES string of the molecule is Cn1cccc(-c2c(-c3ccc(F)c(F)c3)ncn2C2CC(F)(F)C2)c1=O. The number of halogens is 4. The van der Waals surface area contributed by atoms with Crippen LogP contribution in [0.5, 0.6) is 0 Å². The Morgan fingerprint density at radius 1 is 1.15 bits per heavy atom. The Labute approximate surface area is 151 Å². The Morgan fingerprint density at radius 3 is 2.56 bits per heavy atom. The molecule has 1 saturated carbocycles. The Hall–Kier alpha value is -2.90. The van der Waals surface area contributed by atoms with E-state index in [2.05, 4.69) is 4.98 Å². The van der Waals surface area contributed by atoms with Crippen LogP contribution in [0.15, 0.2) is 47.7 Å². The third-order valence-corrected chi connectivity index (χ3v) is 4.83. The van der Waals surface area contributed by atoms with E-state index >= 15 is 0 Å². The number of aromatic nitrogens is 3. The zero-order valence-electron chi connectivity index (χ0n) is 14.3. The summed E-state index contributed by atoms with van der Waals surface area (Å²) in [5.41, 5.74) is 0.747. The Balaban J connectivity index is 1.92. The molecule has 2 heterocycles. The van der Waals surface area contributed by atoms with Crippen molar-refractivity contribution in [3.05, 3.63) is 64.8 Å². The summed E-state index contributed by atoms with van der Waals surface area (Å²) >= 11 is 0. The quantitative estimate of drug-likeness (QED) is 0.643. The fourth-order valence-electron chi connectivity index (χ4n) is 3.36. The van der Waals surface area contributed by atoms with Crippen molar-refractivity contribution in [3.63, 3.8) is 0 Å². The van der Waals surface area contributed by atoms with Crippen LogP contribution in [0.2, 0.25) is 0 Å². The van der Waals surface area contributed by atoms with Crippen molar-refractivity contribution in [2.45, 2.75) is 24.8 Å². The van der Waals surface area contributed by atoms with Crippen LogP contribution in [0, 0.1) is 11.6 Å². The number of imidazole rings is 1. The number of hydrogen-bond donors (Lipinski definition) is 0. The van der Waals surface area contributed by atoms with Crippen LogP contribution in [-0.4, -0.2) is 20.0 Å². The highest BCUT2D eigenvalue weighted by Crippen LogP contribution is 2.47. The molecule has 1 aliphatic rings. The number of aryl methyl sites for hydroxylation is 1. The second-order valence-corrected chi connectivity index (χ2v) is 6.73. The molecule has 1 aliphatic carbocycles. The molecule has 3 aromatic rings. The van der Waals surface area contributed by atoms with Crippen molar-refractivity contribution in [1.29, 1.82) is 0 Å². The Kier molecular flexibility index (Phi) is 3.94. The Morgan fingerprint density at radius 2 is 1.89 bits per heavy atom. The maximum Gasteiger partial charge on any atom is 0.259 e. The zero-order valence-corrected chi connectivity index (χ0v) is 14.3. The molecule has 0 N–H and O–H groups in total. The first-order valence-electron chi connectivity index (χ1n) is 8.33. The van der Waals surface area contributed by atoms with E-state index in [0.717, 1.165) is 12.1 Å². The van der Waals surface area contributed by atoms with E-state index in [4.69, 9.17) is 0 Å². The summed E-state index contributed by atoms with van der Waals surface area (Å²) < 4.78 is 56.7. The second-order valence-electron chi connectivity index (χ2n) is 6.73. The molecule has 0 aliphatic heterocycles. The normalized spacial score (nSPS) is 16.3. The van der Waals surface area contributed by atoms with Gasteiger partial charge < -0.3 is 9.13 Å². The van der Waals surface area contributed by atoms with Crippen LogP contribution < -0.4 is 5.56 Å². The first-order chi connectivity index (χ1) is 12.8. The predicted molar refractivity (Wildman–Crippen MR) is 91.5 cm³/mol. The van der Waals surface area contributed by atoms with Crippen molar-refractivity contribution >= 4 is 0 Å². The average Bonchev–Trinajstić information content (AvgIpc) is 3.02. The van der Waals surface area contributed by atoms with Crippen molar-refractivity contribution in [2.75, 3.05) is 0 Å². The van der Waals surface area contributed by atoms with Gasteiger partial charge in [-0.15, -0.1) is 0 Å². The number of hydrogen-bond acceptors (Lipinski definition) is 2. The van der Waals surface area contributed by atoms with Gasteiger partial charge in [-0.25, -0.2) is 22.5 Å². The van der Waals surface area contributed by atoms with Gasteiger partial charge in [0.25, 0.3) is 11.5 Å². The largest absolute Gasteiger partial charge is 0.326 e. The average molecular weight is 377 g/mol. The number of benzene rings is 1. The number of pyridine rings is 1. The molecule has 0 saturated heterocycles. The standard InChI is InChI=1S/C19H15F4N3O/c1-25-6-2-3-13(18(25)27)17-16(11-4-5-14(20)15(21)7-11)24-10-26(17)12-8-19(22,23)9-12/h2-7,10,12H,8-9H2,1H3. The highest BCUT2D eigenvalue weighted by molar-refractivity contribution is 5.78. The molecule has 0 unspecified atom stereocenters. The van der Waals surface area contributed by atoms with E-state index < -0.39 is 23.6 Å². The highest BCUT2D eigenvalue weighted by atomic mass is 19.3. The van der Waals surface area contributed by atoms with Gasteiger partial charge in [0.1, 0.15) is 0 Å². The minimum atomic E-state index is -2.75. The molecule has 0 radical (unpaired) electrons. The summed E-state index contributed by atoms with van der Waals surface area (Å²) in [5, 5.41) is 0. The molecule has 27 heavy (non-hydrogen) atoms. The lowest BCUT2D eigenvalue weighted by molar-refractivity contribution is -0.103. The van der Waals surface area contributed by atoms with Gasteiger partial charge >= 0.3 is 0 Å². The summed E-state index contributed by atoms with van der Waals surface area (Å²) in [5.74, 6) is -4.81. The Bertz CT molecular complexity index is 1080. The predicted octanol–water partition coefficient (Wildman–Crippen LogP) is 4.16. The maximum atomic E-state index is 13.7. The lowest BCUT2D eigenvalue weighted by atomic mass is 9.87. The molecular weight excluding hydrogens is 362 g/mol. The third kappa shape index (κ3) is 2.94. The van der Waals surface area contributed by atoms with E-state index in [9.17, 15) is 22.4 Å². The molecule has 4 nitrogen and oxygen atoms in total. The van der Waals surface area contributed by atoms with Crippen LogP contribution in [0.25, 0.3) is 22.5 Å². The van der Waals surface area contributed by atoms with Crippen LogP contribution in [0.1, 0.15) is 18.9 Å². The fourth-order valence-corrected chi connectivity index (χ4v) is 3.36. The van der Waals surface area contributed by atoms with Crippen molar-refractivity contribution in [2.24, 2.45) is 7.05 Å². The molecule has 0 amide bonds. The van der Waals surface area contributed by atoms with Gasteiger partial charge in [0.2, 0.25) is 0 Å². The van der Waals surface area contributed by atoms with Crippen molar-refractivity contribution in [1.82, 2.24) is 14.1 Å². The van der Waals surface area contributed by atoms with Crippen molar-refractivity contribution < 1.29 is 17.6 Å². The van der Waals surface area contributed by atoms with Crippen LogP contribution in [-0.2, 0) is 7.05 Å². The molecule has 1 aromatic carbocycles. The highest BCUT2D eigenvalue weighted by Gasteiger charge is 2.47. The topological polar surface area (TPSA) is 39.8 Å². The first kappa shape index (κ1) is 17.5. The van der Waals surface area contributed by atoms with Gasteiger partial charge in [-0.2, -0.15) is 0 Å². The molecule has 1 fully saturated rings. The van der Waals surface area contributed by atoms with Crippen LogP contribution >= 0.6 is 0 Å². The second kappa shape index (κ2) is 6.07. The fraction of sp³-hybridized carbons (Fsp3) is 0.263. The molecule has 4 rings (SSSR count). The first-order valence-corrected chi connectivity index (χ1v) is 8.33. The minimum Gasteiger partial charge on any atom is -0.326 e. The third-order valence-electron chi connectivity index (χ3n) is 4.83. The van der Waals surface area contributed by atoms with Gasteiger partial charge in [-0.1, -0.05) is 0 Å². The zero-order chi connectivity index (χ0) is 19.3.